The summed E-state index contributed by atoms with van der Waals surface area (Å²) >= 11 is 0. The standard InChI is InChI=1S/C24H33F3N4O2/c1-6-18(4)31(23(33)28-21-12-8-7-11-20(21)24(25,26)27)16-22(32)30(14-17(2)3)15-19-10-9-13-29(19)5/h7-13,17-18H,6,14-16H2,1-5H3,(H,28,33). The second-order valence-corrected chi connectivity index (χ2v) is 8.64. The molecule has 0 spiro atoms. The fourth-order valence-corrected chi connectivity index (χ4v) is 3.47. The molecule has 0 aliphatic heterocycles. The summed E-state index contributed by atoms with van der Waals surface area (Å²) in [6.45, 7) is 8.27. The maximum atomic E-state index is 13.3. The van der Waals surface area contributed by atoms with Gasteiger partial charge in [0.05, 0.1) is 17.8 Å². The van der Waals surface area contributed by atoms with Gasteiger partial charge in [-0.25, -0.2) is 4.79 Å². The first-order chi connectivity index (χ1) is 15.4. The molecular formula is C24H33F3N4O2. The van der Waals surface area contributed by atoms with Gasteiger partial charge in [-0.15, -0.1) is 0 Å². The van der Waals surface area contributed by atoms with Crippen molar-refractivity contribution in [3.8, 4) is 0 Å². The Labute approximate surface area is 193 Å². The predicted octanol–water partition coefficient (Wildman–Crippen LogP) is 5.36. The summed E-state index contributed by atoms with van der Waals surface area (Å²) in [4.78, 5) is 29.2. The smallest absolute Gasteiger partial charge is 0.353 e. The minimum absolute atomic E-state index is 0.207. The van der Waals surface area contributed by atoms with E-state index in [2.05, 4.69) is 5.32 Å². The Morgan fingerprint density at radius 2 is 1.76 bits per heavy atom. The SMILES string of the molecule is CCC(C)N(CC(=O)N(Cc1cccn1C)CC(C)C)C(=O)Nc1ccccc1C(F)(F)F. The van der Waals surface area contributed by atoms with E-state index in [4.69, 9.17) is 0 Å². The molecule has 0 bridgehead atoms. The van der Waals surface area contributed by atoms with Gasteiger partial charge >= 0.3 is 12.2 Å². The maximum Gasteiger partial charge on any atom is 0.418 e. The van der Waals surface area contributed by atoms with Crippen LogP contribution in [0.2, 0.25) is 0 Å². The van der Waals surface area contributed by atoms with Crippen LogP contribution in [-0.4, -0.2) is 45.4 Å². The number of amides is 3. The number of carbonyl (C=O) groups excluding carboxylic acids is 2. The molecule has 0 fully saturated rings. The Morgan fingerprint density at radius 1 is 1.09 bits per heavy atom. The lowest BCUT2D eigenvalue weighted by atomic mass is 10.1. The number of aromatic nitrogens is 1. The lowest BCUT2D eigenvalue weighted by molar-refractivity contribution is -0.137. The van der Waals surface area contributed by atoms with Crippen LogP contribution in [0, 0.1) is 5.92 Å². The van der Waals surface area contributed by atoms with Gasteiger partial charge in [0.2, 0.25) is 5.91 Å². The summed E-state index contributed by atoms with van der Waals surface area (Å²) < 4.78 is 42.0. The molecule has 0 radical (unpaired) electrons. The van der Waals surface area contributed by atoms with Gasteiger partial charge < -0.3 is 19.7 Å². The van der Waals surface area contributed by atoms with Crippen LogP contribution in [0.4, 0.5) is 23.7 Å². The van der Waals surface area contributed by atoms with Crippen LogP contribution >= 0.6 is 0 Å². The quantitative estimate of drug-likeness (QED) is 0.541. The van der Waals surface area contributed by atoms with Gasteiger partial charge in [-0.05, 0) is 43.5 Å². The van der Waals surface area contributed by atoms with Crippen molar-refractivity contribution in [3.05, 3.63) is 53.9 Å². The number of halogens is 3. The molecule has 0 aliphatic carbocycles. The van der Waals surface area contributed by atoms with Crippen molar-refractivity contribution in [2.24, 2.45) is 13.0 Å². The molecule has 0 saturated heterocycles. The Balaban J connectivity index is 2.24. The summed E-state index contributed by atoms with van der Waals surface area (Å²) in [7, 11) is 1.89. The fourth-order valence-electron chi connectivity index (χ4n) is 3.47. The number of nitrogens with one attached hydrogen (secondary N) is 1. The number of urea groups is 1. The molecule has 1 unspecified atom stereocenters. The minimum atomic E-state index is -4.61. The zero-order chi connectivity index (χ0) is 24.8. The molecule has 1 N–H and O–H groups in total. The van der Waals surface area contributed by atoms with Crippen LogP contribution < -0.4 is 5.32 Å². The van der Waals surface area contributed by atoms with Crippen molar-refractivity contribution in [2.75, 3.05) is 18.4 Å². The Bertz CT molecular complexity index is 940. The van der Waals surface area contributed by atoms with Crippen molar-refractivity contribution < 1.29 is 22.8 Å². The summed E-state index contributed by atoms with van der Waals surface area (Å²) in [5.74, 6) is -0.0526. The normalized spacial score (nSPS) is 12.5. The van der Waals surface area contributed by atoms with E-state index in [0.717, 1.165) is 11.8 Å². The molecule has 1 atom stereocenters. The van der Waals surface area contributed by atoms with Gasteiger partial charge in [0.15, 0.2) is 0 Å². The van der Waals surface area contributed by atoms with Crippen molar-refractivity contribution in [1.29, 1.82) is 0 Å². The molecule has 2 aromatic rings. The van der Waals surface area contributed by atoms with Crippen molar-refractivity contribution in [1.82, 2.24) is 14.4 Å². The van der Waals surface area contributed by atoms with Crippen molar-refractivity contribution in [2.45, 2.75) is 52.9 Å². The summed E-state index contributed by atoms with van der Waals surface area (Å²) in [6.07, 6.45) is -2.17. The molecule has 1 heterocycles. The van der Waals surface area contributed by atoms with Crippen molar-refractivity contribution in [3.63, 3.8) is 0 Å². The number of anilines is 1. The van der Waals surface area contributed by atoms with Crippen LogP contribution in [0.5, 0.6) is 0 Å². The number of nitrogens with zero attached hydrogens (tertiary/aromatic N) is 3. The molecule has 2 rings (SSSR count). The van der Waals surface area contributed by atoms with Gasteiger partial charge in [0.1, 0.15) is 6.54 Å². The first-order valence-electron chi connectivity index (χ1n) is 11.1. The lowest BCUT2D eigenvalue weighted by Gasteiger charge is -2.32. The van der Waals surface area contributed by atoms with E-state index in [0.29, 0.717) is 19.5 Å². The predicted molar refractivity (Wildman–Crippen MR) is 123 cm³/mol. The molecule has 3 amide bonds. The van der Waals surface area contributed by atoms with Crippen LogP contribution in [0.15, 0.2) is 42.6 Å². The summed E-state index contributed by atoms with van der Waals surface area (Å²) in [5, 5.41) is 2.36. The largest absolute Gasteiger partial charge is 0.418 e. The van der Waals surface area contributed by atoms with E-state index in [-0.39, 0.29) is 30.1 Å². The number of alkyl halides is 3. The van der Waals surface area contributed by atoms with E-state index < -0.39 is 17.8 Å². The average molecular weight is 467 g/mol. The Kier molecular flexibility index (Phi) is 8.96. The highest BCUT2D eigenvalue weighted by Crippen LogP contribution is 2.34. The highest BCUT2D eigenvalue weighted by molar-refractivity contribution is 5.93. The van der Waals surface area contributed by atoms with Gasteiger partial charge in [-0.3, -0.25) is 4.79 Å². The van der Waals surface area contributed by atoms with Crippen LogP contribution in [0.3, 0.4) is 0 Å². The second-order valence-electron chi connectivity index (χ2n) is 8.64. The van der Waals surface area contributed by atoms with E-state index in [9.17, 15) is 22.8 Å². The Morgan fingerprint density at radius 3 is 2.30 bits per heavy atom. The zero-order valence-corrected chi connectivity index (χ0v) is 19.8. The number of aryl methyl sites for hydroxylation is 1. The van der Waals surface area contributed by atoms with Gasteiger partial charge in [-0.1, -0.05) is 32.9 Å². The third-order valence-corrected chi connectivity index (χ3v) is 5.51. The lowest BCUT2D eigenvalue weighted by Crippen LogP contribution is -2.48. The highest BCUT2D eigenvalue weighted by atomic mass is 19.4. The summed E-state index contributed by atoms with van der Waals surface area (Å²) in [6, 6.07) is 7.55. The third-order valence-electron chi connectivity index (χ3n) is 5.51. The first kappa shape index (κ1) is 26.3. The monoisotopic (exact) mass is 466 g/mol. The number of para-hydroxylation sites is 1. The van der Waals surface area contributed by atoms with Gasteiger partial charge in [0, 0.05) is 31.5 Å². The van der Waals surface area contributed by atoms with Crippen molar-refractivity contribution >= 4 is 17.6 Å². The first-order valence-corrected chi connectivity index (χ1v) is 11.1. The third kappa shape index (κ3) is 7.27. The molecule has 33 heavy (non-hydrogen) atoms. The van der Waals surface area contributed by atoms with Crippen LogP contribution in [0.25, 0.3) is 0 Å². The van der Waals surface area contributed by atoms with Gasteiger partial charge in [-0.2, -0.15) is 13.2 Å². The van der Waals surface area contributed by atoms with E-state index in [1.807, 2.05) is 50.7 Å². The molecule has 0 saturated carbocycles. The molecule has 0 aliphatic rings. The maximum absolute atomic E-state index is 13.3. The molecule has 1 aromatic carbocycles. The topological polar surface area (TPSA) is 57.6 Å². The van der Waals surface area contributed by atoms with Crippen LogP contribution in [0.1, 0.15) is 45.4 Å². The van der Waals surface area contributed by atoms with E-state index in [1.165, 1.54) is 23.1 Å². The average Bonchev–Trinajstić information content (AvgIpc) is 3.14. The highest BCUT2D eigenvalue weighted by Gasteiger charge is 2.34. The molecular weight excluding hydrogens is 433 g/mol. The summed E-state index contributed by atoms with van der Waals surface area (Å²) in [5.41, 5.74) is -0.319. The molecule has 182 valence electrons. The molecule has 1 aromatic heterocycles. The number of benzene rings is 1. The van der Waals surface area contributed by atoms with E-state index in [1.54, 1.807) is 11.8 Å². The number of hydrogen-bond donors (Lipinski definition) is 1. The number of carbonyl (C=O) groups is 2. The van der Waals surface area contributed by atoms with Gasteiger partial charge in [0.25, 0.3) is 0 Å². The zero-order valence-electron chi connectivity index (χ0n) is 19.8. The van der Waals surface area contributed by atoms with Crippen LogP contribution in [-0.2, 0) is 24.6 Å². The van der Waals surface area contributed by atoms with E-state index >= 15 is 0 Å². The Hall–Kier alpha value is -2.97. The fraction of sp³-hybridized carbons (Fsp3) is 0.500. The molecule has 9 heteroatoms. The molecule has 6 nitrogen and oxygen atoms in total. The minimum Gasteiger partial charge on any atom is -0.353 e. The number of rotatable bonds is 9. The number of hydrogen-bond acceptors (Lipinski definition) is 2. The second kappa shape index (κ2) is 11.2.